The monoisotopic (exact) mass is 247 g/mol. The van der Waals surface area contributed by atoms with Crippen molar-refractivity contribution in [1.82, 2.24) is 9.97 Å². The Labute approximate surface area is 104 Å². The lowest BCUT2D eigenvalue weighted by Gasteiger charge is -2.06. The number of anilines is 1. The lowest BCUT2D eigenvalue weighted by Crippen LogP contribution is -1.94. The second kappa shape index (κ2) is 5.54. The third-order valence-corrected chi connectivity index (χ3v) is 2.92. The molecule has 1 aromatic heterocycles. The van der Waals surface area contributed by atoms with Crippen molar-refractivity contribution in [1.29, 1.82) is 0 Å². The summed E-state index contributed by atoms with van der Waals surface area (Å²) in [6.45, 7) is 0. The Hall–Kier alpha value is -1.75. The molecule has 2 rings (SSSR count). The first-order chi connectivity index (χ1) is 8.31. The fraction of sp³-hybridized carbons (Fsp3) is 0.167. The summed E-state index contributed by atoms with van der Waals surface area (Å²) in [6, 6.07) is 9.63. The summed E-state index contributed by atoms with van der Waals surface area (Å²) in [5, 5.41) is 2.94. The van der Waals surface area contributed by atoms with Crippen LogP contribution in [0.1, 0.15) is 0 Å². The zero-order valence-electron chi connectivity index (χ0n) is 9.68. The Balaban J connectivity index is 2.13. The second-order valence-corrected chi connectivity index (χ2v) is 4.15. The van der Waals surface area contributed by atoms with Gasteiger partial charge in [-0.05, 0) is 30.5 Å². The van der Waals surface area contributed by atoms with Gasteiger partial charge in [0.1, 0.15) is 17.9 Å². The molecule has 4 nitrogen and oxygen atoms in total. The SMILES string of the molecule is CNc1cc(Oc2ccc(SC)cc2)ncn1. The molecule has 0 saturated carbocycles. The predicted molar refractivity (Wildman–Crippen MR) is 69.9 cm³/mol. The third kappa shape index (κ3) is 3.10. The number of nitrogens with one attached hydrogen (secondary N) is 1. The van der Waals surface area contributed by atoms with Gasteiger partial charge in [0.05, 0.1) is 0 Å². The number of thioether (sulfide) groups is 1. The van der Waals surface area contributed by atoms with Gasteiger partial charge in [-0.15, -0.1) is 11.8 Å². The minimum atomic E-state index is 0.529. The minimum absolute atomic E-state index is 0.529. The molecule has 0 radical (unpaired) electrons. The highest BCUT2D eigenvalue weighted by Gasteiger charge is 2.00. The molecule has 0 aliphatic heterocycles. The molecule has 0 unspecified atom stereocenters. The van der Waals surface area contributed by atoms with Gasteiger partial charge in [-0.25, -0.2) is 9.97 Å². The first-order valence-corrected chi connectivity index (χ1v) is 6.36. The van der Waals surface area contributed by atoms with E-state index in [9.17, 15) is 0 Å². The van der Waals surface area contributed by atoms with Crippen molar-refractivity contribution in [2.24, 2.45) is 0 Å². The molecule has 0 amide bonds. The molecule has 1 N–H and O–H groups in total. The van der Waals surface area contributed by atoms with Gasteiger partial charge < -0.3 is 10.1 Å². The van der Waals surface area contributed by atoms with Crippen LogP contribution in [-0.2, 0) is 0 Å². The fourth-order valence-corrected chi connectivity index (χ4v) is 1.70. The van der Waals surface area contributed by atoms with E-state index in [0.717, 1.165) is 11.6 Å². The average Bonchev–Trinajstić information content (AvgIpc) is 2.40. The van der Waals surface area contributed by atoms with Gasteiger partial charge in [-0.2, -0.15) is 0 Å². The maximum atomic E-state index is 5.62. The van der Waals surface area contributed by atoms with Crippen molar-refractivity contribution in [2.75, 3.05) is 18.6 Å². The van der Waals surface area contributed by atoms with Crippen molar-refractivity contribution < 1.29 is 4.74 Å². The maximum absolute atomic E-state index is 5.62. The normalized spacial score (nSPS) is 10.0. The Morgan fingerprint density at radius 2 is 1.94 bits per heavy atom. The minimum Gasteiger partial charge on any atom is -0.439 e. The van der Waals surface area contributed by atoms with Gasteiger partial charge >= 0.3 is 0 Å². The Kier molecular flexibility index (Phi) is 3.82. The zero-order chi connectivity index (χ0) is 12.1. The van der Waals surface area contributed by atoms with Crippen LogP contribution in [0.5, 0.6) is 11.6 Å². The van der Waals surface area contributed by atoms with E-state index in [0.29, 0.717) is 5.88 Å². The van der Waals surface area contributed by atoms with E-state index in [2.05, 4.69) is 15.3 Å². The van der Waals surface area contributed by atoms with Crippen LogP contribution in [0.4, 0.5) is 5.82 Å². The maximum Gasteiger partial charge on any atom is 0.224 e. The molecule has 0 spiro atoms. The molecule has 0 saturated heterocycles. The van der Waals surface area contributed by atoms with Crippen LogP contribution in [0.25, 0.3) is 0 Å². The lowest BCUT2D eigenvalue weighted by atomic mass is 10.3. The fourth-order valence-electron chi connectivity index (χ4n) is 1.30. The van der Waals surface area contributed by atoms with Crippen LogP contribution in [0.2, 0.25) is 0 Å². The van der Waals surface area contributed by atoms with Gasteiger partial charge in [0.15, 0.2) is 0 Å². The number of hydrogen-bond acceptors (Lipinski definition) is 5. The van der Waals surface area contributed by atoms with E-state index in [-0.39, 0.29) is 0 Å². The summed E-state index contributed by atoms with van der Waals surface area (Å²) in [6.07, 6.45) is 3.51. The average molecular weight is 247 g/mol. The lowest BCUT2D eigenvalue weighted by molar-refractivity contribution is 0.461. The smallest absolute Gasteiger partial charge is 0.224 e. The Morgan fingerprint density at radius 1 is 1.18 bits per heavy atom. The molecule has 2 aromatic rings. The largest absolute Gasteiger partial charge is 0.439 e. The Morgan fingerprint density at radius 3 is 2.59 bits per heavy atom. The van der Waals surface area contributed by atoms with E-state index < -0.39 is 0 Å². The zero-order valence-corrected chi connectivity index (χ0v) is 10.5. The van der Waals surface area contributed by atoms with E-state index >= 15 is 0 Å². The van der Waals surface area contributed by atoms with Crippen molar-refractivity contribution in [3.63, 3.8) is 0 Å². The first-order valence-electron chi connectivity index (χ1n) is 5.13. The van der Waals surface area contributed by atoms with Gasteiger partial charge in [-0.1, -0.05) is 0 Å². The highest BCUT2D eigenvalue weighted by atomic mass is 32.2. The van der Waals surface area contributed by atoms with Crippen molar-refractivity contribution >= 4 is 17.6 Å². The van der Waals surface area contributed by atoms with Crippen LogP contribution in [0, 0.1) is 0 Å². The number of nitrogens with zero attached hydrogens (tertiary/aromatic N) is 2. The number of rotatable bonds is 4. The summed E-state index contributed by atoms with van der Waals surface area (Å²) in [7, 11) is 1.80. The van der Waals surface area contributed by atoms with Crippen molar-refractivity contribution in [2.45, 2.75) is 4.90 Å². The molecular weight excluding hydrogens is 234 g/mol. The summed E-state index contributed by atoms with van der Waals surface area (Å²) < 4.78 is 5.62. The number of hydrogen-bond donors (Lipinski definition) is 1. The third-order valence-electron chi connectivity index (χ3n) is 2.18. The summed E-state index contributed by atoms with van der Waals surface area (Å²) in [4.78, 5) is 9.27. The quantitative estimate of drug-likeness (QED) is 0.841. The van der Waals surface area contributed by atoms with Crippen LogP contribution in [0.3, 0.4) is 0 Å². The van der Waals surface area contributed by atoms with Crippen LogP contribution in [0.15, 0.2) is 41.6 Å². The molecule has 0 bridgehead atoms. The van der Waals surface area contributed by atoms with E-state index in [1.54, 1.807) is 24.9 Å². The molecule has 1 heterocycles. The van der Waals surface area contributed by atoms with E-state index in [1.165, 1.54) is 11.2 Å². The molecule has 0 fully saturated rings. The predicted octanol–water partition coefficient (Wildman–Crippen LogP) is 3.03. The Bertz CT molecular complexity index is 487. The van der Waals surface area contributed by atoms with E-state index in [4.69, 9.17) is 4.74 Å². The second-order valence-electron chi connectivity index (χ2n) is 3.27. The van der Waals surface area contributed by atoms with Gasteiger partial charge in [-0.3, -0.25) is 0 Å². The highest BCUT2D eigenvalue weighted by Crippen LogP contribution is 2.23. The van der Waals surface area contributed by atoms with Crippen LogP contribution in [-0.4, -0.2) is 23.3 Å². The molecule has 0 aliphatic rings. The standard InChI is InChI=1S/C12H13N3OS/c1-13-11-7-12(15-8-14-11)16-9-3-5-10(17-2)6-4-9/h3-8H,1-2H3,(H,13,14,15). The molecule has 1 aromatic carbocycles. The summed E-state index contributed by atoms with van der Waals surface area (Å²) >= 11 is 1.70. The summed E-state index contributed by atoms with van der Waals surface area (Å²) in [5.74, 6) is 2.03. The molecule has 88 valence electrons. The molecular formula is C12H13N3OS. The molecule has 5 heteroatoms. The van der Waals surface area contributed by atoms with Gasteiger partial charge in [0, 0.05) is 18.0 Å². The first kappa shape index (κ1) is 11.7. The highest BCUT2D eigenvalue weighted by molar-refractivity contribution is 7.98. The molecule has 0 aliphatic carbocycles. The molecule has 0 atom stereocenters. The number of aromatic nitrogens is 2. The van der Waals surface area contributed by atoms with Gasteiger partial charge in [0.2, 0.25) is 5.88 Å². The topological polar surface area (TPSA) is 47.0 Å². The number of benzene rings is 1. The molecule has 17 heavy (non-hydrogen) atoms. The number of ether oxygens (including phenoxy) is 1. The van der Waals surface area contributed by atoms with Crippen molar-refractivity contribution in [3.05, 3.63) is 36.7 Å². The van der Waals surface area contributed by atoms with Crippen LogP contribution < -0.4 is 10.1 Å². The van der Waals surface area contributed by atoms with E-state index in [1.807, 2.05) is 30.5 Å². The van der Waals surface area contributed by atoms with Crippen molar-refractivity contribution in [3.8, 4) is 11.6 Å². The van der Waals surface area contributed by atoms with Crippen LogP contribution >= 0.6 is 11.8 Å². The summed E-state index contributed by atoms with van der Waals surface area (Å²) in [5.41, 5.74) is 0. The van der Waals surface area contributed by atoms with Gasteiger partial charge in [0.25, 0.3) is 0 Å².